The Morgan fingerprint density at radius 3 is 1.83 bits per heavy atom. The summed E-state index contributed by atoms with van der Waals surface area (Å²) in [5.41, 5.74) is 2.10. The van der Waals surface area contributed by atoms with Gasteiger partial charge in [-0.3, -0.25) is 0 Å². The third-order valence-electron chi connectivity index (χ3n) is 11.1. The van der Waals surface area contributed by atoms with Gasteiger partial charge in [-0.15, -0.1) is 0 Å². The van der Waals surface area contributed by atoms with Crippen LogP contribution in [-0.4, -0.2) is 59.5 Å². The zero-order valence-corrected chi connectivity index (χ0v) is 30.2. The van der Waals surface area contributed by atoms with E-state index in [-0.39, 0.29) is 19.0 Å². The van der Waals surface area contributed by atoms with Crippen LogP contribution in [0.4, 0.5) is 18.4 Å². The summed E-state index contributed by atoms with van der Waals surface area (Å²) in [4.78, 5) is 34.5. The van der Waals surface area contributed by atoms with Gasteiger partial charge in [0.1, 0.15) is 5.54 Å². The molecule has 1 unspecified atom stereocenters. The molecule has 2 saturated heterocycles. The van der Waals surface area contributed by atoms with E-state index in [1.165, 1.54) is 6.07 Å². The molecule has 2 fully saturated rings. The number of imide groups is 1. The van der Waals surface area contributed by atoms with Crippen LogP contribution in [0.25, 0.3) is 0 Å². The van der Waals surface area contributed by atoms with Crippen LogP contribution in [0, 0.1) is 28.9 Å². The van der Waals surface area contributed by atoms with E-state index in [9.17, 15) is 18.8 Å². The van der Waals surface area contributed by atoms with Crippen LogP contribution in [0.2, 0.25) is 0 Å². The van der Waals surface area contributed by atoms with E-state index in [1.807, 2.05) is 128 Å². The highest BCUT2D eigenvalue weighted by molar-refractivity contribution is 5.97. The lowest BCUT2D eigenvalue weighted by atomic mass is 9.74. The minimum absolute atomic E-state index is 0.0153. The summed E-state index contributed by atoms with van der Waals surface area (Å²) >= 11 is 0. The van der Waals surface area contributed by atoms with Crippen molar-refractivity contribution in [2.24, 2.45) is 5.92 Å². The fourth-order valence-electron chi connectivity index (χ4n) is 8.28. The Morgan fingerprint density at radius 1 is 0.815 bits per heavy atom. The summed E-state index contributed by atoms with van der Waals surface area (Å²) in [6.45, 7) is 4.54. The first-order valence-electron chi connectivity index (χ1n) is 18.5. The summed E-state index contributed by atoms with van der Waals surface area (Å²) in [5.74, 6) is -2.04. The maximum absolute atomic E-state index is 15.0. The normalized spacial score (nSPS) is 17.9. The lowest BCUT2D eigenvalue weighted by Crippen LogP contribution is -2.52. The van der Waals surface area contributed by atoms with Gasteiger partial charge < -0.3 is 15.1 Å². The van der Waals surface area contributed by atoms with E-state index in [1.54, 1.807) is 4.90 Å². The smallest absolute Gasteiger partial charge is 0.330 e. The molecule has 0 aliphatic carbocycles. The van der Waals surface area contributed by atoms with Crippen molar-refractivity contribution >= 4 is 12.1 Å². The Bertz CT molecular complexity index is 2010. The molecule has 2 heterocycles. The molecule has 0 radical (unpaired) electrons. The molecule has 0 spiro atoms. The molecule has 1 N–H and O–H groups in total. The number of halogens is 2. The number of urea groups is 2. The number of hydrogen-bond donors (Lipinski definition) is 1. The van der Waals surface area contributed by atoms with E-state index in [4.69, 9.17) is 0 Å². The molecule has 4 amide bonds. The molecule has 7 nitrogen and oxygen atoms in total. The standard InChI is InChI=1S/C45H43F2N5O2/c1-33(30-50-26-24-44(32-48,25-27-50)35-14-6-2-7-15-35)29-49-42(53)52-41(34-22-23-39(46)40(47)28-34)31-51(43(52)54)45(36-16-8-3-9-17-36,37-18-10-4-11-19-37)38-20-12-5-13-21-38/h2-23,28,33,41H,24-27,29-31H2,1H3,(H,49,53)/t33-,41?/m0/s1. The molecule has 274 valence electrons. The Kier molecular flexibility index (Phi) is 10.6. The van der Waals surface area contributed by atoms with Gasteiger partial charge in [0.15, 0.2) is 11.6 Å². The highest BCUT2D eigenvalue weighted by atomic mass is 19.2. The summed E-state index contributed by atoms with van der Waals surface area (Å²) in [5, 5.41) is 13.1. The van der Waals surface area contributed by atoms with Gasteiger partial charge in [-0.2, -0.15) is 5.26 Å². The summed E-state index contributed by atoms with van der Waals surface area (Å²) in [7, 11) is 0. The van der Waals surface area contributed by atoms with Crippen molar-refractivity contribution in [1.82, 2.24) is 20.0 Å². The first kappa shape index (κ1) is 36.5. The van der Waals surface area contributed by atoms with Crippen molar-refractivity contribution < 1.29 is 18.4 Å². The topological polar surface area (TPSA) is 79.7 Å². The number of amides is 4. The summed E-state index contributed by atoms with van der Waals surface area (Å²) in [6, 6.07) is 43.0. The Balaban J connectivity index is 1.17. The number of rotatable bonds is 10. The molecule has 0 aromatic heterocycles. The van der Waals surface area contributed by atoms with Crippen LogP contribution in [0.1, 0.15) is 53.6 Å². The number of nitriles is 1. The Hall–Kier alpha value is -5.85. The average Bonchev–Trinajstić information content (AvgIpc) is 3.57. The van der Waals surface area contributed by atoms with Gasteiger partial charge in [-0.05, 0) is 71.8 Å². The van der Waals surface area contributed by atoms with Crippen molar-refractivity contribution in [3.05, 3.63) is 179 Å². The van der Waals surface area contributed by atoms with E-state index in [0.29, 0.717) is 24.9 Å². The van der Waals surface area contributed by atoms with Gasteiger partial charge in [0.05, 0.1) is 17.5 Å². The molecule has 5 aromatic rings. The van der Waals surface area contributed by atoms with Crippen LogP contribution in [0.5, 0.6) is 0 Å². The van der Waals surface area contributed by atoms with E-state index < -0.39 is 40.7 Å². The van der Waals surface area contributed by atoms with Crippen molar-refractivity contribution in [2.45, 2.75) is 36.8 Å². The van der Waals surface area contributed by atoms with Crippen molar-refractivity contribution in [2.75, 3.05) is 32.7 Å². The largest absolute Gasteiger partial charge is 0.337 e. The molecule has 2 aliphatic heterocycles. The molecule has 0 saturated carbocycles. The SMILES string of the molecule is C[C@@H](CNC(=O)N1C(=O)N(C(c2ccccc2)(c2ccccc2)c2ccccc2)CC1c1ccc(F)c(F)c1)CN1CCC(C#N)(c2ccccc2)CC1. The van der Waals surface area contributed by atoms with E-state index >= 15 is 4.79 Å². The van der Waals surface area contributed by atoms with Crippen LogP contribution in [-0.2, 0) is 11.0 Å². The van der Waals surface area contributed by atoms with Gasteiger partial charge in [0, 0.05) is 19.6 Å². The van der Waals surface area contributed by atoms with Crippen LogP contribution < -0.4 is 5.32 Å². The Morgan fingerprint density at radius 2 is 1.33 bits per heavy atom. The second-order valence-corrected chi connectivity index (χ2v) is 14.4. The number of piperidine rings is 1. The van der Waals surface area contributed by atoms with Gasteiger partial charge in [0.25, 0.3) is 0 Å². The number of nitrogens with zero attached hydrogens (tertiary/aromatic N) is 4. The zero-order valence-electron chi connectivity index (χ0n) is 30.2. The molecule has 54 heavy (non-hydrogen) atoms. The average molecular weight is 724 g/mol. The molecule has 0 bridgehead atoms. The van der Waals surface area contributed by atoms with Crippen molar-refractivity contribution in [3.8, 4) is 6.07 Å². The lowest BCUT2D eigenvalue weighted by molar-refractivity contribution is 0.156. The number of hydrogen-bond acceptors (Lipinski definition) is 4. The highest BCUT2D eigenvalue weighted by Gasteiger charge is 2.53. The van der Waals surface area contributed by atoms with Crippen molar-refractivity contribution in [3.63, 3.8) is 0 Å². The lowest BCUT2D eigenvalue weighted by Gasteiger charge is -2.43. The summed E-state index contributed by atoms with van der Waals surface area (Å²) < 4.78 is 29.0. The number of nitrogens with one attached hydrogen (secondary N) is 1. The van der Waals surface area contributed by atoms with E-state index in [0.717, 1.165) is 52.4 Å². The molecule has 7 rings (SSSR count). The van der Waals surface area contributed by atoms with E-state index in [2.05, 4.69) is 16.3 Å². The molecule has 5 aromatic carbocycles. The molecular weight excluding hydrogens is 681 g/mol. The summed E-state index contributed by atoms with van der Waals surface area (Å²) in [6.07, 6.45) is 1.43. The monoisotopic (exact) mass is 723 g/mol. The molecular formula is C45H43F2N5O2. The van der Waals surface area contributed by atoms with Gasteiger partial charge in [-0.25, -0.2) is 23.3 Å². The fourth-order valence-corrected chi connectivity index (χ4v) is 8.28. The van der Waals surface area contributed by atoms with Gasteiger partial charge >= 0.3 is 12.1 Å². The van der Waals surface area contributed by atoms with Gasteiger partial charge in [0.2, 0.25) is 0 Å². The second kappa shape index (κ2) is 15.6. The quantitative estimate of drug-likeness (QED) is 0.146. The first-order chi connectivity index (χ1) is 26.3. The van der Waals surface area contributed by atoms with Crippen molar-refractivity contribution in [1.29, 1.82) is 5.26 Å². The fraction of sp³-hybridized carbons (Fsp3) is 0.267. The third-order valence-corrected chi connectivity index (χ3v) is 11.1. The predicted molar refractivity (Wildman–Crippen MR) is 204 cm³/mol. The predicted octanol–water partition coefficient (Wildman–Crippen LogP) is 8.64. The highest BCUT2D eigenvalue weighted by Crippen LogP contribution is 2.47. The minimum atomic E-state index is -1.17. The van der Waals surface area contributed by atoms with Crippen LogP contribution in [0.3, 0.4) is 0 Å². The number of carbonyl (C=O) groups is 2. The maximum atomic E-state index is 15.0. The van der Waals surface area contributed by atoms with Crippen LogP contribution >= 0.6 is 0 Å². The number of benzene rings is 5. The van der Waals surface area contributed by atoms with Crippen LogP contribution in [0.15, 0.2) is 140 Å². The third kappa shape index (κ3) is 6.85. The molecule has 9 heteroatoms. The second-order valence-electron chi connectivity index (χ2n) is 14.4. The molecule has 2 atom stereocenters. The zero-order chi connectivity index (χ0) is 37.7. The minimum Gasteiger partial charge on any atom is -0.337 e. The maximum Gasteiger partial charge on any atom is 0.330 e. The number of carbonyl (C=O) groups excluding carboxylic acids is 2. The van der Waals surface area contributed by atoms with Gasteiger partial charge in [-0.1, -0.05) is 134 Å². The Labute approximate surface area is 315 Å². The molecule has 2 aliphatic rings. The number of likely N-dealkylation sites (tertiary alicyclic amines) is 1. The first-order valence-corrected chi connectivity index (χ1v) is 18.5.